The van der Waals surface area contributed by atoms with Crippen molar-refractivity contribution in [1.82, 2.24) is 9.97 Å². The Morgan fingerprint density at radius 3 is 2.23 bits per heavy atom. The lowest BCUT2D eigenvalue weighted by atomic mass is 10.0. The van der Waals surface area contributed by atoms with Crippen molar-refractivity contribution in [2.24, 2.45) is 11.8 Å². The molecule has 22 heavy (non-hydrogen) atoms. The minimum absolute atomic E-state index is 0.544. The molecule has 0 aliphatic carbocycles. The van der Waals surface area contributed by atoms with Crippen molar-refractivity contribution in [3.63, 3.8) is 0 Å². The minimum atomic E-state index is 0.544. The van der Waals surface area contributed by atoms with Crippen molar-refractivity contribution in [2.75, 3.05) is 0 Å². The van der Waals surface area contributed by atoms with Gasteiger partial charge in [-0.1, -0.05) is 51.8 Å². The largest absolute Gasteiger partial charge is 0.256 e. The summed E-state index contributed by atoms with van der Waals surface area (Å²) in [6, 6.07) is 10.0. The molecule has 1 aromatic heterocycles. The summed E-state index contributed by atoms with van der Waals surface area (Å²) in [6.07, 6.45) is 3.76. The van der Waals surface area contributed by atoms with Gasteiger partial charge in [0.05, 0.1) is 11.4 Å². The van der Waals surface area contributed by atoms with Gasteiger partial charge in [0.2, 0.25) is 0 Å². The monoisotopic (exact) mass is 292 g/mol. The van der Waals surface area contributed by atoms with Crippen molar-refractivity contribution >= 4 is 0 Å². The standard InChI is InChI=1S/C20H24N2/c1-15(2)12-18-14-21-20(13-16(3)4)19(22-18)11-10-17-8-6-5-7-9-17/h5-9,14-16H,12-13H2,1-4H3. The number of benzene rings is 1. The van der Waals surface area contributed by atoms with E-state index in [0.717, 1.165) is 35.5 Å². The zero-order chi connectivity index (χ0) is 15.9. The third kappa shape index (κ3) is 5.00. The number of nitrogens with zero attached hydrogens (tertiary/aromatic N) is 2. The maximum Gasteiger partial charge on any atom is 0.135 e. The van der Waals surface area contributed by atoms with Crippen LogP contribution in [-0.4, -0.2) is 9.97 Å². The topological polar surface area (TPSA) is 25.8 Å². The summed E-state index contributed by atoms with van der Waals surface area (Å²) in [5, 5.41) is 0. The second-order valence-electron chi connectivity index (χ2n) is 6.47. The number of hydrogen-bond donors (Lipinski definition) is 0. The van der Waals surface area contributed by atoms with Gasteiger partial charge in [-0.2, -0.15) is 0 Å². The van der Waals surface area contributed by atoms with Crippen LogP contribution in [0.2, 0.25) is 0 Å². The summed E-state index contributed by atoms with van der Waals surface area (Å²) in [6.45, 7) is 8.77. The van der Waals surface area contributed by atoms with Crippen LogP contribution in [0.4, 0.5) is 0 Å². The molecule has 2 aromatic rings. The fourth-order valence-electron chi connectivity index (χ4n) is 2.26. The molecule has 0 aliphatic heterocycles. The maximum absolute atomic E-state index is 4.74. The molecule has 2 nitrogen and oxygen atoms in total. The number of hydrogen-bond acceptors (Lipinski definition) is 2. The summed E-state index contributed by atoms with van der Waals surface area (Å²) in [4.78, 5) is 9.36. The van der Waals surface area contributed by atoms with Gasteiger partial charge in [-0.05, 0) is 42.7 Å². The predicted octanol–water partition coefficient (Wildman–Crippen LogP) is 4.27. The summed E-state index contributed by atoms with van der Waals surface area (Å²) >= 11 is 0. The van der Waals surface area contributed by atoms with Crippen LogP contribution in [-0.2, 0) is 12.8 Å². The van der Waals surface area contributed by atoms with Crippen molar-refractivity contribution < 1.29 is 0 Å². The fraction of sp³-hybridized carbons (Fsp3) is 0.400. The van der Waals surface area contributed by atoms with E-state index < -0.39 is 0 Å². The van der Waals surface area contributed by atoms with Gasteiger partial charge in [0, 0.05) is 11.8 Å². The van der Waals surface area contributed by atoms with Crippen molar-refractivity contribution in [1.29, 1.82) is 0 Å². The molecule has 0 spiro atoms. The maximum atomic E-state index is 4.74. The third-order valence-corrected chi connectivity index (χ3v) is 3.22. The van der Waals surface area contributed by atoms with Crippen LogP contribution in [0.5, 0.6) is 0 Å². The summed E-state index contributed by atoms with van der Waals surface area (Å²) in [7, 11) is 0. The Bertz CT molecular complexity index is 661. The van der Waals surface area contributed by atoms with E-state index in [-0.39, 0.29) is 0 Å². The quantitative estimate of drug-likeness (QED) is 0.786. The Kier molecular flexibility index (Phi) is 5.72. The van der Waals surface area contributed by atoms with Crippen LogP contribution in [0.25, 0.3) is 0 Å². The van der Waals surface area contributed by atoms with E-state index in [2.05, 4.69) is 44.5 Å². The molecule has 0 unspecified atom stereocenters. The normalized spacial score (nSPS) is 10.6. The molecule has 0 radical (unpaired) electrons. The van der Waals surface area contributed by atoms with Crippen LogP contribution in [0.1, 0.15) is 50.3 Å². The minimum Gasteiger partial charge on any atom is -0.256 e. The van der Waals surface area contributed by atoms with E-state index in [0.29, 0.717) is 11.8 Å². The Balaban J connectivity index is 2.34. The van der Waals surface area contributed by atoms with Gasteiger partial charge in [-0.3, -0.25) is 4.98 Å². The van der Waals surface area contributed by atoms with Gasteiger partial charge in [-0.25, -0.2) is 4.98 Å². The van der Waals surface area contributed by atoms with E-state index in [4.69, 9.17) is 4.98 Å². The van der Waals surface area contributed by atoms with Gasteiger partial charge in [0.1, 0.15) is 5.69 Å². The van der Waals surface area contributed by atoms with Crippen molar-refractivity contribution in [2.45, 2.75) is 40.5 Å². The lowest BCUT2D eigenvalue weighted by Gasteiger charge is -2.09. The molecule has 0 N–H and O–H groups in total. The highest BCUT2D eigenvalue weighted by Gasteiger charge is 2.09. The van der Waals surface area contributed by atoms with Crippen LogP contribution in [0.3, 0.4) is 0 Å². The molecule has 0 amide bonds. The highest BCUT2D eigenvalue weighted by Crippen LogP contribution is 2.12. The van der Waals surface area contributed by atoms with Gasteiger partial charge in [0.15, 0.2) is 0 Å². The predicted molar refractivity (Wildman–Crippen MR) is 91.5 cm³/mol. The molecule has 0 saturated carbocycles. The lowest BCUT2D eigenvalue weighted by Crippen LogP contribution is -2.07. The molecule has 1 aromatic carbocycles. The Labute approximate surface area is 134 Å². The molecule has 2 heteroatoms. The van der Waals surface area contributed by atoms with Crippen LogP contribution < -0.4 is 0 Å². The first kappa shape index (κ1) is 16.2. The molecule has 0 saturated heterocycles. The SMILES string of the molecule is CC(C)Cc1cnc(CC(C)C)c(C#Cc2ccccc2)n1. The lowest BCUT2D eigenvalue weighted by molar-refractivity contribution is 0.615. The van der Waals surface area contributed by atoms with Crippen molar-refractivity contribution in [3.05, 3.63) is 59.2 Å². The molecule has 0 aliphatic rings. The zero-order valence-electron chi connectivity index (χ0n) is 13.9. The summed E-state index contributed by atoms with van der Waals surface area (Å²) < 4.78 is 0. The highest BCUT2D eigenvalue weighted by molar-refractivity contribution is 5.41. The molecule has 0 fully saturated rings. The second kappa shape index (κ2) is 7.75. The molecule has 2 rings (SSSR count). The van der Waals surface area contributed by atoms with Gasteiger partial charge >= 0.3 is 0 Å². The second-order valence-corrected chi connectivity index (χ2v) is 6.47. The zero-order valence-corrected chi connectivity index (χ0v) is 13.9. The number of rotatable bonds is 4. The summed E-state index contributed by atoms with van der Waals surface area (Å²) in [5.41, 5.74) is 3.87. The fourth-order valence-corrected chi connectivity index (χ4v) is 2.26. The van der Waals surface area contributed by atoms with Gasteiger partial charge in [-0.15, -0.1) is 0 Å². The van der Waals surface area contributed by atoms with Crippen LogP contribution in [0.15, 0.2) is 36.5 Å². The third-order valence-electron chi connectivity index (χ3n) is 3.22. The van der Waals surface area contributed by atoms with E-state index >= 15 is 0 Å². The molecule has 0 bridgehead atoms. The Morgan fingerprint density at radius 1 is 0.909 bits per heavy atom. The molecular weight excluding hydrogens is 268 g/mol. The smallest absolute Gasteiger partial charge is 0.135 e. The van der Waals surface area contributed by atoms with Crippen molar-refractivity contribution in [3.8, 4) is 11.8 Å². The van der Waals surface area contributed by atoms with Crippen LogP contribution >= 0.6 is 0 Å². The number of aromatic nitrogens is 2. The first-order valence-corrected chi connectivity index (χ1v) is 7.96. The van der Waals surface area contributed by atoms with E-state index in [1.807, 2.05) is 36.5 Å². The van der Waals surface area contributed by atoms with E-state index in [9.17, 15) is 0 Å². The Morgan fingerprint density at radius 2 is 1.59 bits per heavy atom. The molecule has 114 valence electrons. The first-order valence-electron chi connectivity index (χ1n) is 7.96. The summed E-state index contributed by atoms with van der Waals surface area (Å²) in [5.74, 6) is 7.54. The van der Waals surface area contributed by atoms with Gasteiger partial charge in [0.25, 0.3) is 0 Å². The average molecular weight is 292 g/mol. The Hall–Kier alpha value is -2.14. The van der Waals surface area contributed by atoms with Gasteiger partial charge < -0.3 is 0 Å². The average Bonchev–Trinajstić information content (AvgIpc) is 2.47. The first-order chi connectivity index (χ1) is 10.5. The highest BCUT2D eigenvalue weighted by atomic mass is 14.8. The van der Waals surface area contributed by atoms with E-state index in [1.165, 1.54) is 0 Å². The van der Waals surface area contributed by atoms with Crippen LogP contribution in [0, 0.1) is 23.7 Å². The van der Waals surface area contributed by atoms with E-state index in [1.54, 1.807) is 0 Å². The molecule has 1 heterocycles. The molecular formula is C20H24N2. The molecule has 0 atom stereocenters.